The number of esters is 2. The Hall–Kier alpha value is -2.02. The van der Waals surface area contributed by atoms with Crippen LogP contribution in [0.25, 0.3) is 0 Å². The van der Waals surface area contributed by atoms with E-state index >= 15 is 0 Å². The highest BCUT2D eigenvalue weighted by Crippen LogP contribution is 2.29. The predicted molar refractivity (Wildman–Crippen MR) is 78.1 cm³/mol. The van der Waals surface area contributed by atoms with Crippen molar-refractivity contribution in [2.24, 2.45) is 0 Å². The lowest BCUT2D eigenvalue weighted by Gasteiger charge is -2.18. The van der Waals surface area contributed by atoms with E-state index in [1.165, 1.54) is 13.8 Å². The third-order valence-electron chi connectivity index (χ3n) is 2.60. The third-order valence-corrected chi connectivity index (χ3v) is 2.89. The Morgan fingerprint density at radius 2 is 1.91 bits per heavy atom. The van der Waals surface area contributed by atoms with E-state index in [1.807, 2.05) is 0 Å². The summed E-state index contributed by atoms with van der Waals surface area (Å²) in [4.78, 5) is 23.2. The molecule has 0 aliphatic heterocycles. The normalized spacial score (nSPS) is 13.1. The molecule has 0 saturated heterocycles. The highest BCUT2D eigenvalue weighted by Gasteiger charge is 2.24. The molecule has 1 rings (SSSR count). The molecule has 0 aromatic heterocycles. The van der Waals surface area contributed by atoms with Gasteiger partial charge in [0.05, 0.1) is 17.3 Å². The van der Waals surface area contributed by atoms with Gasteiger partial charge in [0.15, 0.2) is 12.2 Å². The monoisotopic (exact) mass is 333 g/mol. The highest BCUT2D eigenvalue weighted by atomic mass is 35.5. The first kappa shape index (κ1) is 18.0. The molecule has 0 aliphatic carbocycles. The number of rotatable bonds is 6. The smallest absolute Gasteiger partial charge is 0.347 e. The van der Waals surface area contributed by atoms with Gasteiger partial charge in [0.2, 0.25) is 0 Å². The molecule has 0 fully saturated rings. The van der Waals surface area contributed by atoms with Crippen LogP contribution in [0.5, 0.6) is 5.75 Å². The standard InChI is InChI=1S/C14H17ClFNO5/c1-4-20-13(18)7(2)22-14(19)8(3)21-12-6-11(17)10(16)5-9(12)15/h5-8H,4,17H2,1-3H3. The minimum absolute atomic E-state index is 0.0359. The first-order valence-corrected chi connectivity index (χ1v) is 6.92. The summed E-state index contributed by atoms with van der Waals surface area (Å²) in [5.74, 6) is -2.11. The zero-order valence-electron chi connectivity index (χ0n) is 12.4. The number of ether oxygens (including phenoxy) is 3. The molecule has 2 N–H and O–H groups in total. The predicted octanol–water partition coefficient (Wildman–Crippen LogP) is 2.32. The van der Waals surface area contributed by atoms with Gasteiger partial charge in [-0.3, -0.25) is 0 Å². The van der Waals surface area contributed by atoms with Crippen LogP contribution < -0.4 is 10.5 Å². The maximum Gasteiger partial charge on any atom is 0.347 e. The van der Waals surface area contributed by atoms with Crippen molar-refractivity contribution in [3.05, 3.63) is 23.0 Å². The van der Waals surface area contributed by atoms with Crippen LogP contribution in [-0.2, 0) is 19.1 Å². The number of hydrogen-bond donors (Lipinski definition) is 1. The minimum atomic E-state index is -1.07. The summed E-state index contributed by atoms with van der Waals surface area (Å²) in [7, 11) is 0. The van der Waals surface area contributed by atoms with Crippen molar-refractivity contribution >= 4 is 29.2 Å². The molecule has 2 atom stereocenters. The zero-order chi connectivity index (χ0) is 16.9. The van der Waals surface area contributed by atoms with E-state index in [9.17, 15) is 14.0 Å². The number of carbonyl (C=O) groups excluding carboxylic acids is 2. The molecule has 0 amide bonds. The van der Waals surface area contributed by atoms with Crippen LogP contribution in [0, 0.1) is 5.82 Å². The number of carbonyl (C=O) groups is 2. The Kier molecular flexibility index (Phi) is 6.42. The van der Waals surface area contributed by atoms with E-state index in [-0.39, 0.29) is 23.1 Å². The van der Waals surface area contributed by atoms with Crippen molar-refractivity contribution in [1.82, 2.24) is 0 Å². The van der Waals surface area contributed by atoms with Crippen molar-refractivity contribution in [2.45, 2.75) is 33.0 Å². The van der Waals surface area contributed by atoms with E-state index in [0.29, 0.717) is 0 Å². The Morgan fingerprint density at radius 3 is 2.50 bits per heavy atom. The second-order valence-corrected chi connectivity index (χ2v) is 4.80. The Labute approximate surface area is 132 Å². The van der Waals surface area contributed by atoms with Gasteiger partial charge in [-0.25, -0.2) is 14.0 Å². The summed E-state index contributed by atoms with van der Waals surface area (Å²) in [6.45, 7) is 4.60. The molecule has 1 aromatic rings. The summed E-state index contributed by atoms with van der Waals surface area (Å²) < 4.78 is 28.1. The van der Waals surface area contributed by atoms with Gasteiger partial charge >= 0.3 is 11.9 Å². The van der Waals surface area contributed by atoms with Crippen LogP contribution in [-0.4, -0.2) is 30.8 Å². The van der Waals surface area contributed by atoms with E-state index in [1.54, 1.807) is 6.92 Å². The molecule has 2 unspecified atom stereocenters. The molecule has 0 saturated carbocycles. The van der Waals surface area contributed by atoms with E-state index in [2.05, 4.69) is 0 Å². The molecule has 8 heteroatoms. The number of nitrogen functional groups attached to an aromatic ring is 1. The summed E-state index contributed by atoms with van der Waals surface area (Å²) in [6.07, 6.45) is -2.13. The fourth-order valence-corrected chi connectivity index (χ4v) is 1.65. The molecule has 22 heavy (non-hydrogen) atoms. The van der Waals surface area contributed by atoms with Crippen molar-refractivity contribution < 1.29 is 28.2 Å². The maximum absolute atomic E-state index is 13.2. The van der Waals surface area contributed by atoms with Crippen molar-refractivity contribution in [3.63, 3.8) is 0 Å². The van der Waals surface area contributed by atoms with Crippen LogP contribution in [0.2, 0.25) is 5.02 Å². The molecular formula is C14H17ClFNO5. The van der Waals surface area contributed by atoms with Gasteiger partial charge < -0.3 is 19.9 Å². The quantitative estimate of drug-likeness (QED) is 0.635. The highest BCUT2D eigenvalue weighted by molar-refractivity contribution is 6.32. The van der Waals surface area contributed by atoms with Crippen LogP contribution in [0.15, 0.2) is 12.1 Å². The van der Waals surface area contributed by atoms with Gasteiger partial charge in [0, 0.05) is 6.07 Å². The molecular weight excluding hydrogens is 317 g/mol. The summed E-state index contributed by atoms with van der Waals surface area (Å²) in [5.41, 5.74) is 5.24. The average molecular weight is 334 g/mol. The van der Waals surface area contributed by atoms with E-state index in [0.717, 1.165) is 12.1 Å². The van der Waals surface area contributed by atoms with Crippen LogP contribution in [0.1, 0.15) is 20.8 Å². The van der Waals surface area contributed by atoms with Crippen molar-refractivity contribution in [2.75, 3.05) is 12.3 Å². The molecule has 0 spiro atoms. The number of benzene rings is 1. The van der Waals surface area contributed by atoms with Gasteiger partial charge in [-0.2, -0.15) is 0 Å². The van der Waals surface area contributed by atoms with Gasteiger partial charge in [-0.15, -0.1) is 0 Å². The number of hydrogen-bond acceptors (Lipinski definition) is 6. The lowest BCUT2D eigenvalue weighted by molar-refractivity contribution is -0.170. The topological polar surface area (TPSA) is 87.8 Å². The van der Waals surface area contributed by atoms with Gasteiger partial charge in [-0.05, 0) is 26.8 Å². The lowest BCUT2D eigenvalue weighted by Crippen LogP contribution is -2.33. The maximum atomic E-state index is 13.2. The fourth-order valence-electron chi connectivity index (χ4n) is 1.45. The van der Waals surface area contributed by atoms with Crippen molar-refractivity contribution in [1.29, 1.82) is 0 Å². The molecule has 0 aliphatic rings. The first-order valence-electron chi connectivity index (χ1n) is 6.54. The Morgan fingerprint density at radius 1 is 1.27 bits per heavy atom. The molecule has 0 heterocycles. The summed E-state index contributed by atoms with van der Waals surface area (Å²) in [6, 6.07) is 2.14. The van der Waals surface area contributed by atoms with E-state index in [4.69, 9.17) is 31.5 Å². The molecule has 0 bridgehead atoms. The van der Waals surface area contributed by atoms with Crippen LogP contribution >= 0.6 is 11.6 Å². The van der Waals surface area contributed by atoms with Crippen LogP contribution in [0.3, 0.4) is 0 Å². The second kappa shape index (κ2) is 7.84. The van der Waals surface area contributed by atoms with Gasteiger partial charge in [0.1, 0.15) is 11.6 Å². The molecule has 1 aromatic carbocycles. The summed E-state index contributed by atoms with van der Waals surface area (Å²) >= 11 is 5.80. The molecule has 0 radical (unpaired) electrons. The fraction of sp³-hybridized carbons (Fsp3) is 0.429. The summed E-state index contributed by atoms with van der Waals surface area (Å²) in [5, 5.41) is -0.0372. The molecule has 122 valence electrons. The number of nitrogens with two attached hydrogens (primary N) is 1. The van der Waals surface area contributed by atoms with E-state index < -0.39 is 30.0 Å². The third kappa shape index (κ3) is 4.77. The SMILES string of the molecule is CCOC(=O)C(C)OC(=O)C(C)Oc1cc(N)c(F)cc1Cl. The largest absolute Gasteiger partial charge is 0.477 e. The Balaban J connectivity index is 2.69. The minimum Gasteiger partial charge on any atom is -0.477 e. The van der Waals surface area contributed by atoms with Gasteiger partial charge in [-0.1, -0.05) is 11.6 Å². The Bertz CT molecular complexity index is 566. The molecule has 6 nitrogen and oxygen atoms in total. The van der Waals surface area contributed by atoms with Gasteiger partial charge in [0.25, 0.3) is 0 Å². The first-order chi connectivity index (χ1) is 10.3. The number of anilines is 1. The average Bonchev–Trinajstić information content (AvgIpc) is 2.44. The second-order valence-electron chi connectivity index (χ2n) is 4.40. The van der Waals surface area contributed by atoms with Crippen molar-refractivity contribution in [3.8, 4) is 5.75 Å². The van der Waals surface area contributed by atoms with Crippen LogP contribution in [0.4, 0.5) is 10.1 Å². The zero-order valence-corrected chi connectivity index (χ0v) is 13.1. The lowest BCUT2D eigenvalue weighted by atomic mass is 10.3. The number of halogens is 2.